The quantitative estimate of drug-likeness (QED) is 0.353. The van der Waals surface area contributed by atoms with Crippen LogP contribution >= 0.6 is 0 Å². The highest BCUT2D eigenvalue weighted by molar-refractivity contribution is 5.83. The third kappa shape index (κ3) is 3.99. The molecule has 0 radical (unpaired) electrons. The van der Waals surface area contributed by atoms with Crippen LogP contribution in [0.1, 0.15) is 23.9 Å². The van der Waals surface area contributed by atoms with Crippen LogP contribution in [0.3, 0.4) is 0 Å². The summed E-state index contributed by atoms with van der Waals surface area (Å²) in [6.07, 6.45) is 1.84. The van der Waals surface area contributed by atoms with Crippen LogP contribution in [0.25, 0.3) is 16.6 Å². The monoisotopic (exact) mass is 384 g/mol. The lowest BCUT2D eigenvalue weighted by Gasteiger charge is -2.11. The Balaban J connectivity index is 1.53. The smallest absolute Gasteiger partial charge is 0.146 e. The molecule has 4 rings (SSSR count). The summed E-state index contributed by atoms with van der Waals surface area (Å²) < 4.78 is 7.75. The normalized spacial score (nSPS) is 11.3. The Bertz CT molecular complexity index is 1160. The predicted octanol–water partition coefficient (Wildman–Crippen LogP) is 5.49. The zero-order chi connectivity index (χ0) is 20.2. The van der Waals surface area contributed by atoms with Crippen molar-refractivity contribution in [3.63, 3.8) is 0 Å². The van der Waals surface area contributed by atoms with Gasteiger partial charge in [-0.1, -0.05) is 18.2 Å². The number of hydrogen-bond acceptors (Lipinski definition) is 4. The van der Waals surface area contributed by atoms with Gasteiger partial charge in [0.05, 0.1) is 18.3 Å². The van der Waals surface area contributed by atoms with Crippen LogP contribution < -0.4 is 10.2 Å². The molecule has 146 valence electrons. The molecule has 2 heterocycles. The van der Waals surface area contributed by atoms with Gasteiger partial charge in [-0.2, -0.15) is 5.10 Å². The number of aryl methyl sites for hydroxylation is 1. The fourth-order valence-electron chi connectivity index (χ4n) is 3.47. The minimum Gasteiger partial charge on any atom is -0.494 e. The van der Waals surface area contributed by atoms with Crippen molar-refractivity contribution in [2.45, 2.75) is 20.8 Å². The standard InChI is InChI=1S/C24H24N4O/c1-4-29-22-12-10-21(11-13-22)28-17(2)15-20(18(28)3)16-25-27-24-14-9-19-7-5-6-8-23(19)26-24/h5-16H,4H2,1-3H3,(H,26,27)/b25-16-. The van der Waals surface area contributed by atoms with Crippen LogP contribution in [0.15, 0.2) is 71.8 Å². The molecule has 4 aromatic rings. The van der Waals surface area contributed by atoms with E-state index in [-0.39, 0.29) is 0 Å². The second-order valence-electron chi connectivity index (χ2n) is 6.85. The zero-order valence-electron chi connectivity index (χ0n) is 16.9. The minimum absolute atomic E-state index is 0.667. The molecule has 0 amide bonds. The summed E-state index contributed by atoms with van der Waals surface area (Å²) in [5.74, 6) is 1.60. The number of ether oxygens (including phenoxy) is 1. The van der Waals surface area contributed by atoms with E-state index in [9.17, 15) is 0 Å². The van der Waals surface area contributed by atoms with Crippen molar-refractivity contribution in [1.82, 2.24) is 9.55 Å². The number of nitrogens with one attached hydrogen (secondary N) is 1. The van der Waals surface area contributed by atoms with E-state index >= 15 is 0 Å². The summed E-state index contributed by atoms with van der Waals surface area (Å²) in [5.41, 5.74) is 8.42. The average Bonchev–Trinajstić information content (AvgIpc) is 3.02. The molecule has 0 bridgehead atoms. The average molecular weight is 384 g/mol. The van der Waals surface area contributed by atoms with Crippen molar-refractivity contribution in [2.24, 2.45) is 5.10 Å². The summed E-state index contributed by atoms with van der Waals surface area (Å²) in [5, 5.41) is 5.51. The number of hydrogen-bond donors (Lipinski definition) is 1. The summed E-state index contributed by atoms with van der Waals surface area (Å²) in [7, 11) is 0. The number of benzene rings is 2. The fourth-order valence-corrected chi connectivity index (χ4v) is 3.47. The van der Waals surface area contributed by atoms with Gasteiger partial charge in [0.1, 0.15) is 11.6 Å². The Morgan fingerprint density at radius 1 is 1.03 bits per heavy atom. The summed E-state index contributed by atoms with van der Waals surface area (Å²) in [6, 6.07) is 22.3. The molecule has 0 atom stereocenters. The zero-order valence-corrected chi connectivity index (χ0v) is 16.9. The number of aromatic nitrogens is 2. The highest BCUT2D eigenvalue weighted by Gasteiger charge is 2.09. The van der Waals surface area contributed by atoms with E-state index in [1.54, 1.807) is 0 Å². The number of fused-ring (bicyclic) bond motifs is 1. The van der Waals surface area contributed by atoms with Crippen molar-refractivity contribution >= 4 is 22.9 Å². The molecular formula is C24H24N4O. The van der Waals surface area contributed by atoms with Gasteiger partial charge in [0, 0.05) is 28.0 Å². The molecule has 0 fully saturated rings. The Labute approximate surface area is 170 Å². The third-order valence-corrected chi connectivity index (χ3v) is 4.86. The van der Waals surface area contributed by atoms with E-state index in [4.69, 9.17) is 4.74 Å². The van der Waals surface area contributed by atoms with Crippen molar-refractivity contribution in [3.05, 3.63) is 83.7 Å². The highest BCUT2D eigenvalue weighted by Crippen LogP contribution is 2.22. The van der Waals surface area contributed by atoms with Gasteiger partial charge in [-0.15, -0.1) is 0 Å². The molecule has 29 heavy (non-hydrogen) atoms. The molecule has 5 nitrogen and oxygen atoms in total. The first-order chi connectivity index (χ1) is 14.2. The lowest BCUT2D eigenvalue weighted by atomic mass is 10.2. The molecule has 5 heteroatoms. The second kappa shape index (κ2) is 8.19. The maximum Gasteiger partial charge on any atom is 0.146 e. The Hall–Kier alpha value is -3.60. The van der Waals surface area contributed by atoms with Crippen LogP contribution in [-0.4, -0.2) is 22.4 Å². The van der Waals surface area contributed by atoms with Crippen LogP contribution in [-0.2, 0) is 0 Å². The van der Waals surface area contributed by atoms with Crippen LogP contribution in [0.5, 0.6) is 5.75 Å². The van der Waals surface area contributed by atoms with Crippen molar-refractivity contribution in [1.29, 1.82) is 0 Å². The largest absolute Gasteiger partial charge is 0.494 e. The minimum atomic E-state index is 0.667. The van der Waals surface area contributed by atoms with E-state index < -0.39 is 0 Å². The van der Waals surface area contributed by atoms with Crippen molar-refractivity contribution in [3.8, 4) is 11.4 Å². The lowest BCUT2D eigenvalue weighted by Crippen LogP contribution is -2.00. The van der Waals surface area contributed by atoms with Gasteiger partial charge in [0.15, 0.2) is 0 Å². The van der Waals surface area contributed by atoms with Gasteiger partial charge in [0.25, 0.3) is 0 Å². The van der Waals surface area contributed by atoms with Gasteiger partial charge < -0.3 is 9.30 Å². The summed E-state index contributed by atoms with van der Waals surface area (Å²) >= 11 is 0. The Kier molecular flexibility index (Phi) is 5.29. The fraction of sp³-hybridized carbons (Fsp3) is 0.167. The van der Waals surface area contributed by atoms with Crippen molar-refractivity contribution < 1.29 is 4.74 Å². The van der Waals surface area contributed by atoms with E-state index in [0.29, 0.717) is 6.61 Å². The topological polar surface area (TPSA) is 51.4 Å². The molecule has 0 aliphatic rings. The first kappa shape index (κ1) is 18.7. The van der Waals surface area contributed by atoms with Crippen LogP contribution in [0.2, 0.25) is 0 Å². The number of pyridine rings is 1. The van der Waals surface area contributed by atoms with Crippen LogP contribution in [0.4, 0.5) is 5.82 Å². The third-order valence-electron chi connectivity index (χ3n) is 4.86. The molecule has 0 aliphatic carbocycles. The molecule has 0 unspecified atom stereocenters. The molecule has 2 aromatic heterocycles. The number of hydrazone groups is 1. The van der Waals surface area contributed by atoms with Gasteiger partial charge in [-0.3, -0.25) is 5.43 Å². The van der Waals surface area contributed by atoms with Gasteiger partial charge >= 0.3 is 0 Å². The number of para-hydroxylation sites is 1. The molecule has 2 aromatic carbocycles. The molecule has 1 N–H and O–H groups in total. The summed E-state index contributed by atoms with van der Waals surface area (Å²) in [4.78, 5) is 4.58. The summed E-state index contributed by atoms with van der Waals surface area (Å²) in [6.45, 7) is 6.85. The second-order valence-corrected chi connectivity index (χ2v) is 6.85. The first-order valence-corrected chi connectivity index (χ1v) is 9.73. The number of anilines is 1. The van der Waals surface area contributed by atoms with E-state index in [1.165, 1.54) is 0 Å². The molecular weight excluding hydrogens is 360 g/mol. The molecule has 0 saturated heterocycles. The van der Waals surface area contributed by atoms with E-state index in [1.807, 2.05) is 61.7 Å². The van der Waals surface area contributed by atoms with Gasteiger partial charge in [-0.25, -0.2) is 4.98 Å². The van der Waals surface area contributed by atoms with Gasteiger partial charge in [-0.05, 0) is 69.3 Å². The molecule has 0 saturated carbocycles. The van der Waals surface area contributed by atoms with Gasteiger partial charge in [0.2, 0.25) is 0 Å². The lowest BCUT2D eigenvalue weighted by molar-refractivity contribution is 0.340. The first-order valence-electron chi connectivity index (χ1n) is 9.73. The Morgan fingerprint density at radius 2 is 1.83 bits per heavy atom. The van der Waals surface area contributed by atoms with E-state index in [0.717, 1.165) is 45.1 Å². The maximum absolute atomic E-state index is 5.54. The number of rotatable bonds is 6. The van der Waals surface area contributed by atoms with Crippen molar-refractivity contribution in [2.75, 3.05) is 12.0 Å². The number of nitrogens with zero attached hydrogens (tertiary/aromatic N) is 3. The SMILES string of the molecule is CCOc1ccc(-n2c(C)cc(/C=N\Nc3ccc4ccccc4n3)c2C)cc1. The van der Waals surface area contributed by atoms with Crippen LogP contribution in [0, 0.1) is 13.8 Å². The maximum atomic E-state index is 5.54. The Morgan fingerprint density at radius 3 is 2.62 bits per heavy atom. The van der Waals surface area contributed by atoms with E-state index in [2.05, 4.69) is 52.1 Å². The predicted molar refractivity (Wildman–Crippen MR) is 119 cm³/mol. The molecule has 0 spiro atoms. The highest BCUT2D eigenvalue weighted by atomic mass is 16.5. The molecule has 0 aliphatic heterocycles.